The van der Waals surface area contributed by atoms with E-state index in [4.69, 9.17) is 5.73 Å². The van der Waals surface area contributed by atoms with Crippen LogP contribution in [0.3, 0.4) is 0 Å². The summed E-state index contributed by atoms with van der Waals surface area (Å²) in [6.07, 6.45) is 1.84. The maximum Gasteiger partial charge on any atom is 0.108 e. The molecule has 1 aromatic rings. The lowest BCUT2D eigenvalue weighted by atomic mass is 9.98. The Morgan fingerprint density at radius 3 is 2.54 bits per heavy atom. The standard InChI is InChI=1S/C10H15BrN2/c1-6(2)9(12)8-4-7(3)10(11)13-5-8/h4-6,9H,12H2,1-3H3/t9-/m0/s1. The van der Waals surface area contributed by atoms with E-state index in [2.05, 4.69) is 40.8 Å². The molecule has 0 saturated heterocycles. The molecule has 1 rings (SSSR count). The van der Waals surface area contributed by atoms with Gasteiger partial charge in [0, 0.05) is 12.2 Å². The summed E-state index contributed by atoms with van der Waals surface area (Å²) in [7, 11) is 0. The topological polar surface area (TPSA) is 38.9 Å². The Bertz CT molecular complexity index is 297. The van der Waals surface area contributed by atoms with E-state index in [1.54, 1.807) is 0 Å². The van der Waals surface area contributed by atoms with E-state index >= 15 is 0 Å². The van der Waals surface area contributed by atoms with Gasteiger partial charge in [-0.2, -0.15) is 0 Å². The van der Waals surface area contributed by atoms with E-state index in [9.17, 15) is 0 Å². The SMILES string of the molecule is Cc1cc([C@@H](N)C(C)C)cnc1Br. The van der Waals surface area contributed by atoms with Crippen LogP contribution in [-0.2, 0) is 0 Å². The summed E-state index contributed by atoms with van der Waals surface area (Å²) in [4.78, 5) is 4.22. The van der Waals surface area contributed by atoms with Gasteiger partial charge in [0.15, 0.2) is 0 Å². The minimum Gasteiger partial charge on any atom is -0.324 e. The molecule has 0 amide bonds. The second-order valence-corrected chi connectivity index (χ2v) is 4.40. The molecule has 3 heteroatoms. The first-order chi connectivity index (χ1) is 6.02. The highest BCUT2D eigenvalue weighted by Crippen LogP contribution is 2.21. The molecule has 0 unspecified atom stereocenters. The molecule has 13 heavy (non-hydrogen) atoms. The molecule has 0 fully saturated rings. The van der Waals surface area contributed by atoms with Crippen LogP contribution in [0, 0.1) is 12.8 Å². The fourth-order valence-electron chi connectivity index (χ4n) is 1.15. The predicted octanol–water partition coefficient (Wildman–Crippen LogP) is 2.81. The van der Waals surface area contributed by atoms with Crippen molar-refractivity contribution in [2.45, 2.75) is 26.8 Å². The lowest BCUT2D eigenvalue weighted by Gasteiger charge is -2.16. The predicted molar refractivity (Wildman–Crippen MR) is 58.4 cm³/mol. The Morgan fingerprint density at radius 2 is 2.08 bits per heavy atom. The summed E-state index contributed by atoms with van der Waals surface area (Å²) in [6.45, 7) is 6.25. The average molecular weight is 243 g/mol. The zero-order valence-electron chi connectivity index (χ0n) is 8.21. The van der Waals surface area contributed by atoms with Gasteiger partial charge >= 0.3 is 0 Å². The summed E-state index contributed by atoms with van der Waals surface area (Å²) < 4.78 is 0.896. The molecule has 0 bridgehead atoms. The largest absolute Gasteiger partial charge is 0.324 e. The molecule has 0 aliphatic heterocycles. The van der Waals surface area contributed by atoms with E-state index in [1.165, 1.54) is 0 Å². The molecule has 0 saturated carbocycles. The fourth-order valence-corrected chi connectivity index (χ4v) is 1.36. The number of pyridine rings is 1. The summed E-state index contributed by atoms with van der Waals surface area (Å²) in [5.74, 6) is 0.447. The van der Waals surface area contributed by atoms with Crippen LogP contribution in [0.15, 0.2) is 16.9 Å². The van der Waals surface area contributed by atoms with Crippen molar-refractivity contribution >= 4 is 15.9 Å². The van der Waals surface area contributed by atoms with E-state index in [0.717, 1.165) is 15.7 Å². The van der Waals surface area contributed by atoms with Crippen LogP contribution in [0.1, 0.15) is 31.0 Å². The Labute approximate surface area is 87.7 Å². The monoisotopic (exact) mass is 242 g/mol. The molecule has 0 spiro atoms. The van der Waals surface area contributed by atoms with Gasteiger partial charge in [0.05, 0.1) is 0 Å². The quantitative estimate of drug-likeness (QED) is 0.811. The lowest BCUT2D eigenvalue weighted by molar-refractivity contribution is 0.512. The number of hydrogen-bond donors (Lipinski definition) is 1. The number of rotatable bonds is 2. The van der Waals surface area contributed by atoms with Gasteiger partial charge in [-0.1, -0.05) is 19.9 Å². The van der Waals surface area contributed by atoms with E-state index < -0.39 is 0 Å². The van der Waals surface area contributed by atoms with Crippen LogP contribution >= 0.6 is 15.9 Å². The van der Waals surface area contributed by atoms with Gasteiger partial charge in [0.1, 0.15) is 4.60 Å². The van der Waals surface area contributed by atoms with Crippen molar-refractivity contribution in [2.24, 2.45) is 11.7 Å². The molecule has 0 aliphatic carbocycles. The smallest absolute Gasteiger partial charge is 0.108 e. The maximum absolute atomic E-state index is 6.00. The molecule has 0 aromatic carbocycles. The number of aromatic nitrogens is 1. The van der Waals surface area contributed by atoms with Gasteiger partial charge in [-0.15, -0.1) is 0 Å². The Kier molecular flexibility index (Phi) is 3.45. The van der Waals surface area contributed by atoms with Crippen molar-refractivity contribution in [3.05, 3.63) is 28.0 Å². The Balaban J connectivity index is 2.97. The highest BCUT2D eigenvalue weighted by Gasteiger charge is 2.11. The first kappa shape index (κ1) is 10.7. The zero-order valence-corrected chi connectivity index (χ0v) is 9.80. The normalized spacial score (nSPS) is 13.4. The highest BCUT2D eigenvalue weighted by atomic mass is 79.9. The molecule has 2 N–H and O–H groups in total. The van der Waals surface area contributed by atoms with Gasteiger partial charge in [-0.3, -0.25) is 0 Å². The van der Waals surface area contributed by atoms with E-state index in [1.807, 2.05) is 13.1 Å². The van der Waals surface area contributed by atoms with Gasteiger partial charge in [0.25, 0.3) is 0 Å². The number of halogens is 1. The number of aryl methyl sites for hydroxylation is 1. The van der Waals surface area contributed by atoms with Gasteiger partial charge in [-0.05, 0) is 39.9 Å². The third-order valence-corrected chi connectivity index (χ3v) is 2.97. The highest BCUT2D eigenvalue weighted by molar-refractivity contribution is 9.10. The third-order valence-electron chi connectivity index (χ3n) is 2.14. The molecule has 0 radical (unpaired) electrons. The van der Waals surface area contributed by atoms with Crippen molar-refractivity contribution in [1.29, 1.82) is 0 Å². The third kappa shape index (κ3) is 2.51. The number of nitrogens with two attached hydrogens (primary N) is 1. The second-order valence-electron chi connectivity index (χ2n) is 3.65. The molecule has 1 aromatic heterocycles. The summed E-state index contributed by atoms with van der Waals surface area (Å²) in [5, 5.41) is 0. The number of hydrogen-bond acceptors (Lipinski definition) is 2. The maximum atomic E-state index is 6.00. The van der Waals surface area contributed by atoms with Crippen molar-refractivity contribution in [3.8, 4) is 0 Å². The second kappa shape index (κ2) is 4.20. The fraction of sp³-hybridized carbons (Fsp3) is 0.500. The van der Waals surface area contributed by atoms with Crippen LogP contribution in [-0.4, -0.2) is 4.98 Å². The minimum atomic E-state index is 0.0827. The summed E-state index contributed by atoms with van der Waals surface area (Å²) >= 11 is 3.36. The van der Waals surface area contributed by atoms with Crippen LogP contribution in [0.4, 0.5) is 0 Å². The van der Waals surface area contributed by atoms with Crippen LogP contribution in [0.25, 0.3) is 0 Å². The van der Waals surface area contributed by atoms with Crippen molar-refractivity contribution < 1.29 is 0 Å². The van der Waals surface area contributed by atoms with Crippen molar-refractivity contribution in [1.82, 2.24) is 4.98 Å². The van der Waals surface area contributed by atoms with Crippen LogP contribution in [0.5, 0.6) is 0 Å². The minimum absolute atomic E-state index is 0.0827. The first-order valence-corrected chi connectivity index (χ1v) is 5.19. The molecule has 1 atom stereocenters. The molecule has 72 valence electrons. The van der Waals surface area contributed by atoms with Gasteiger partial charge in [0.2, 0.25) is 0 Å². The molecule has 1 heterocycles. The molecule has 2 nitrogen and oxygen atoms in total. The van der Waals surface area contributed by atoms with Crippen LogP contribution < -0.4 is 5.73 Å². The van der Waals surface area contributed by atoms with Gasteiger partial charge < -0.3 is 5.73 Å². The Morgan fingerprint density at radius 1 is 1.46 bits per heavy atom. The van der Waals surface area contributed by atoms with Crippen LogP contribution in [0.2, 0.25) is 0 Å². The van der Waals surface area contributed by atoms with E-state index in [-0.39, 0.29) is 6.04 Å². The lowest BCUT2D eigenvalue weighted by Crippen LogP contribution is -2.17. The average Bonchev–Trinajstić information content (AvgIpc) is 2.08. The van der Waals surface area contributed by atoms with E-state index in [0.29, 0.717) is 5.92 Å². The van der Waals surface area contributed by atoms with Gasteiger partial charge in [-0.25, -0.2) is 4.98 Å². The summed E-state index contributed by atoms with van der Waals surface area (Å²) in [5.41, 5.74) is 8.24. The molecular formula is C10H15BrN2. The van der Waals surface area contributed by atoms with Crippen molar-refractivity contribution in [3.63, 3.8) is 0 Å². The first-order valence-electron chi connectivity index (χ1n) is 4.40. The Hall–Kier alpha value is -0.410. The zero-order chi connectivity index (χ0) is 10.0. The number of nitrogens with zero attached hydrogens (tertiary/aromatic N) is 1. The van der Waals surface area contributed by atoms with Crippen molar-refractivity contribution in [2.75, 3.05) is 0 Å². The summed E-state index contributed by atoms with van der Waals surface area (Å²) in [6, 6.07) is 2.17. The molecular weight excluding hydrogens is 228 g/mol. The molecule has 0 aliphatic rings.